The highest BCUT2D eigenvalue weighted by molar-refractivity contribution is 5.87. The third-order valence-corrected chi connectivity index (χ3v) is 2.56. The first kappa shape index (κ1) is 13.9. The van der Waals surface area contributed by atoms with Crippen molar-refractivity contribution in [2.45, 2.75) is 13.5 Å². The molecule has 0 unspecified atom stereocenters. The first-order valence-corrected chi connectivity index (χ1v) is 5.75. The Hall–Kier alpha value is -2.50. The molecular formula is C14H11F2NO3. The molecular weight excluding hydrogens is 268 g/mol. The van der Waals surface area contributed by atoms with Gasteiger partial charge in [-0.15, -0.1) is 0 Å². The summed E-state index contributed by atoms with van der Waals surface area (Å²) in [4.78, 5) is 14.8. The lowest BCUT2D eigenvalue weighted by Gasteiger charge is -2.09. The number of aryl methyl sites for hydroxylation is 1. The predicted octanol–water partition coefficient (Wildman–Crippen LogP) is 2.95. The van der Waals surface area contributed by atoms with Gasteiger partial charge in [-0.2, -0.15) is 0 Å². The fourth-order valence-electron chi connectivity index (χ4n) is 1.65. The number of pyridine rings is 1. The largest absolute Gasteiger partial charge is 0.481 e. The topological polar surface area (TPSA) is 59.4 Å². The summed E-state index contributed by atoms with van der Waals surface area (Å²) < 4.78 is 32.2. The molecule has 6 heteroatoms. The number of nitrogens with zero attached hydrogens (tertiary/aromatic N) is 1. The highest BCUT2D eigenvalue weighted by Gasteiger charge is 2.16. The summed E-state index contributed by atoms with van der Waals surface area (Å²) >= 11 is 0. The van der Waals surface area contributed by atoms with Crippen LogP contribution in [0.5, 0.6) is 5.75 Å². The van der Waals surface area contributed by atoms with E-state index in [4.69, 9.17) is 9.84 Å². The lowest BCUT2D eigenvalue weighted by molar-refractivity contribution is 0.0695. The quantitative estimate of drug-likeness (QED) is 0.934. The molecule has 0 spiro atoms. The maximum absolute atomic E-state index is 13.6. The first-order chi connectivity index (χ1) is 9.47. The number of carboxylic acid groups (broad SMARTS) is 1. The molecule has 0 radical (unpaired) electrons. The maximum Gasteiger partial charge on any atom is 0.335 e. The van der Waals surface area contributed by atoms with Gasteiger partial charge in [0.2, 0.25) is 0 Å². The normalized spacial score (nSPS) is 10.3. The molecule has 104 valence electrons. The Morgan fingerprint density at radius 1 is 1.30 bits per heavy atom. The van der Waals surface area contributed by atoms with Gasteiger partial charge in [0, 0.05) is 5.69 Å². The van der Waals surface area contributed by atoms with Crippen LogP contribution in [0.3, 0.4) is 0 Å². The van der Waals surface area contributed by atoms with Crippen LogP contribution in [0.1, 0.15) is 21.7 Å². The van der Waals surface area contributed by atoms with Gasteiger partial charge in [-0.3, -0.25) is 4.98 Å². The maximum atomic E-state index is 13.6. The molecule has 20 heavy (non-hydrogen) atoms. The van der Waals surface area contributed by atoms with Crippen LogP contribution >= 0.6 is 0 Å². The number of benzene rings is 1. The van der Waals surface area contributed by atoms with Crippen molar-refractivity contribution in [2.24, 2.45) is 0 Å². The Labute approximate surface area is 113 Å². The van der Waals surface area contributed by atoms with Crippen molar-refractivity contribution in [2.75, 3.05) is 0 Å². The number of carboxylic acids is 1. The molecule has 0 fully saturated rings. The van der Waals surface area contributed by atoms with Crippen LogP contribution in [0.25, 0.3) is 0 Å². The molecule has 1 aromatic carbocycles. The van der Waals surface area contributed by atoms with E-state index >= 15 is 0 Å². The van der Waals surface area contributed by atoms with Gasteiger partial charge in [-0.05, 0) is 31.2 Å². The van der Waals surface area contributed by atoms with Crippen molar-refractivity contribution >= 4 is 5.97 Å². The van der Waals surface area contributed by atoms with E-state index in [2.05, 4.69) is 4.98 Å². The van der Waals surface area contributed by atoms with E-state index in [0.29, 0.717) is 17.8 Å². The molecule has 0 saturated heterocycles. The third-order valence-electron chi connectivity index (χ3n) is 2.56. The minimum atomic E-state index is -1.41. The van der Waals surface area contributed by atoms with Crippen LogP contribution < -0.4 is 4.74 Å². The Morgan fingerprint density at radius 2 is 1.95 bits per heavy atom. The number of rotatable bonds is 4. The van der Waals surface area contributed by atoms with Crippen LogP contribution in [0, 0.1) is 18.6 Å². The lowest BCUT2D eigenvalue weighted by atomic mass is 10.2. The highest BCUT2D eigenvalue weighted by Crippen LogP contribution is 2.24. The van der Waals surface area contributed by atoms with Crippen LogP contribution in [0.4, 0.5) is 8.78 Å². The first-order valence-electron chi connectivity index (χ1n) is 5.75. The number of aromatic nitrogens is 1. The second-order valence-electron chi connectivity index (χ2n) is 4.13. The number of carbonyl (C=O) groups is 1. The van der Waals surface area contributed by atoms with Crippen LogP contribution in [0.15, 0.2) is 30.3 Å². The van der Waals surface area contributed by atoms with E-state index in [-0.39, 0.29) is 6.61 Å². The average Bonchev–Trinajstić information content (AvgIpc) is 2.37. The Balaban J connectivity index is 2.20. The minimum absolute atomic E-state index is 0.109. The Kier molecular flexibility index (Phi) is 3.93. The fourth-order valence-corrected chi connectivity index (χ4v) is 1.65. The molecule has 0 aliphatic carbocycles. The van der Waals surface area contributed by atoms with E-state index in [9.17, 15) is 13.6 Å². The molecule has 1 aromatic heterocycles. The monoisotopic (exact) mass is 279 g/mol. The molecule has 1 N–H and O–H groups in total. The second-order valence-corrected chi connectivity index (χ2v) is 4.13. The molecule has 2 aromatic rings. The van der Waals surface area contributed by atoms with Crippen molar-refractivity contribution in [3.8, 4) is 5.75 Å². The Bertz CT molecular complexity index is 636. The van der Waals surface area contributed by atoms with Crippen molar-refractivity contribution in [1.82, 2.24) is 4.98 Å². The molecule has 2 rings (SSSR count). The molecule has 1 heterocycles. The number of halogens is 2. The number of hydrogen-bond donors (Lipinski definition) is 1. The van der Waals surface area contributed by atoms with Gasteiger partial charge in [0.25, 0.3) is 0 Å². The van der Waals surface area contributed by atoms with Crippen molar-refractivity contribution in [1.29, 1.82) is 0 Å². The summed E-state index contributed by atoms with van der Waals surface area (Å²) in [5.41, 5.74) is 0.806. The zero-order chi connectivity index (χ0) is 14.7. The summed E-state index contributed by atoms with van der Waals surface area (Å²) in [7, 11) is 0. The van der Waals surface area contributed by atoms with E-state index in [1.165, 1.54) is 0 Å². The van der Waals surface area contributed by atoms with Crippen molar-refractivity contribution in [3.63, 3.8) is 0 Å². The average molecular weight is 279 g/mol. The number of ether oxygens (including phenoxy) is 1. The predicted molar refractivity (Wildman–Crippen MR) is 66.6 cm³/mol. The van der Waals surface area contributed by atoms with Crippen molar-refractivity contribution < 1.29 is 23.4 Å². The van der Waals surface area contributed by atoms with E-state index in [1.807, 2.05) is 0 Å². The molecule has 0 atom stereocenters. The van der Waals surface area contributed by atoms with Crippen LogP contribution in [-0.2, 0) is 6.61 Å². The number of aromatic carboxylic acids is 1. The van der Waals surface area contributed by atoms with Gasteiger partial charge in [0.1, 0.15) is 6.61 Å². The van der Waals surface area contributed by atoms with Gasteiger partial charge in [-0.1, -0.05) is 6.07 Å². The van der Waals surface area contributed by atoms with Gasteiger partial charge >= 0.3 is 5.97 Å². The fraction of sp³-hybridized carbons (Fsp3) is 0.143. The van der Waals surface area contributed by atoms with Gasteiger partial charge in [0.05, 0.1) is 11.3 Å². The van der Waals surface area contributed by atoms with E-state index in [0.717, 1.165) is 5.69 Å². The van der Waals surface area contributed by atoms with Gasteiger partial charge in [0.15, 0.2) is 17.4 Å². The summed E-state index contributed by atoms with van der Waals surface area (Å²) in [5, 5.41) is 8.68. The molecule has 0 amide bonds. The summed E-state index contributed by atoms with van der Waals surface area (Å²) in [6.45, 7) is 1.67. The van der Waals surface area contributed by atoms with E-state index < -0.39 is 28.9 Å². The lowest BCUT2D eigenvalue weighted by Crippen LogP contribution is -2.05. The molecule has 0 aliphatic heterocycles. The van der Waals surface area contributed by atoms with Gasteiger partial charge in [-0.25, -0.2) is 13.6 Å². The van der Waals surface area contributed by atoms with Crippen LogP contribution in [0.2, 0.25) is 0 Å². The zero-order valence-electron chi connectivity index (χ0n) is 10.6. The summed E-state index contributed by atoms with van der Waals surface area (Å²) in [6, 6.07) is 6.62. The molecule has 0 bridgehead atoms. The summed E-state index contributed by atoms with van der Waals surface area (Å²) in [6.07, 6.45) is 0. The third kappa shape index (κ3) is 3.09. The second kappa shape index (κ2) is 5.64. The smallest absolute Gasteiger partial charge is 0.335 e. The van der Waals surface area contributed by atoms with Crippen molar-refractivity contribution in [3.05, 3.63) is 58.9 Å². The standard InChI is InChI=1S/C14H11F2NO3/c1-8-3-2-4-10(17-8)7-20-13-11(15)5-9(14(18)19)6-12(13)16/h2-6H,7H2,1H3,(H,18,19). The van der Waals surface area contributed by atoms with E-state index in [1.54, 1.807) is 25.1 Å². The Morgan fingerprint density at radius 3 is 2.50 bits per heavy atom. The zero-order valence-corrected chi connectivity index (χ0v) is 10.6. The molecule has 0 saturated carbocycles. The SMILES string of the molecule is Cc1cccc(COc2c(F)cc(C(=O)O)cc2F)n1. The number of hydrogen-bond acceptors (Lipinski definition) is 3. The minimum Gasteiger partial charge on any atom is -0.481 e. The molecule has 4 nitrogen and oxygen atoms in total. The summed E-state index contributed by atoms with van der Waals surface area (Å²) in [5.74, 6) is -4.14. The highest BCUT2D eigenvalue weighted by atomic mass is 19.1. The van der Waals surface area contributed by atoms with Crippen LogP contribution in [-0.4, -0.2) is 16.1 Å². The molecule has 0 aliphatic rings. The van der Waals surface area contributed by atoms with Gasteiger partial charge < -0.3 is 9.84 Å².